The molecule has 1 saturated carbocycles. The van der Waals surface area contributed by atoms with Crippen LogP contribution < -0.4 is 16.4 Å². The summed E-state index contributed by atoms with van der Waals surface area (Å²) >= 11 is 5.80. The highest BCUT2D eigenvalue weighted by Gasteiger charge is 2.40. The number of nitrogens with one attached hydrogen (secondary N) is 3. The number of alkyl carbamates (subject to hydrolysis) is 1. The second kappa shape index (κ2) is 11.1. The van der Waals surface area contributed by atoms with Gasteiger partial charge in [0.05, 0.1) is 19.0 Å². The van der Waals surface area contributed by atoms with E-state index in [1.807, 2.05) is 4.90 Å². The van der Waals surface area contributed by atoms with Crippen molar-refractivity contribution in [3.63, 3.8) is 0 Å². The second-order valence-electron chi connectivity index (χ2n) is 9.52. The highest BCUT2D eigenvalue weighted by molar-refractivity contribution is 7.80. The van der Waals surface area contributed by atoms with E-state index in [9.17, 15) is 9.59 Å². The molecule has 0 aromatic rings. The number of carbonyl (C=O) groups excluding carboxylic acids is 2. The first-order valence-corrected chi connectivity index (χ1v) is 11.8. The molecule has 0 unspecified atom stereocenters. The number of amidine groups is 1. The molecule has 0 radical (unpaired) electrons. The van der Waals surface area contributed by atoms with E-state index in [2.05, 4.69) is 31.4 Å². The normalized spacial score (nSPS) is 24.9. The summed E-state index contributed by atoms with van der Waals surface area (Å²) in [6, 6.07) is -0.703. The summed E-state index contributed by atoms with van der Waals surface area (Å²) in [6.07, 6.45) is 5.73. The molecule has 2 rings (SSSR count). The SMILES string of the molecule is CCC(C)(C)[C@H](NC(=O)OC)C(=S)N1CCC[C@H]1C(=O)NCC1CCC(C(=N)N)CC1. The van der Waals surface area contributed by atoms with E-state index in [-0.39, 0.29) is 29.1 Å². The number of methoxy groups -OCH3 is 1. The fraction of sp³-hybridized carbons (Fsp3) is 0.818. The lowest BCUT2D eigenvalue weighted by Crippen LogP contribution is -2.57. The topological polar surface area (TPSA) is 121 Å². The van der Waals surface area contributed by atoms with Crippen molar-refractivity contribution < 1.29 is 14.3 Å². The first-order chi connectivity index (χ1) is 14.6. The number of amides is 2. The van der Waals surface area contributed by atoms with E-state index in [1.165, 1.54) is 7.11 Å². The number of likely N-dealkylation sites (tertiary alicyclic amines) is 1. The molecule has 0 aromatic heterocycles. The van der Waals surface area contributed by atoms with Crippen LogP contribution in [0.5, 0.6) is 0 Å². The molecule has 0 aromatic carbocycles. The number of nitrogens with two attached hydrogens (primary N) is 1. The molecule has 176 valence electrons. The van der Waals surface area contributed by atoms with Crippen molar-refractivity contribution in [3.8, 4) is 0 Å². The Morgan fingerprint density at radius 1 is 1.26 bits per heavy atom. The van der Waals surface area contributed by atoms with Gasteiger partial charge in [0.25, 0.3) is 0 Å². The summed E-state index contributed by atoms with van der Waals surface area (Å²) in [5.41, 5.74) is 5.35. The average molecular weight is 454 g/mol. The Morgan fingerprint density at radius 3 is 2.45 bits per heavy atom. The van der Waals surface area contributed by atoms with Crippen LogP contribution in [-0.2, 0) is 9.53 Å². The molecule has 9 heteroatoms. The molecular weight excluding hydrogens is 414 g/mol. The zero-order valence-electron chi connectivity index (χ0n) is 19.3. The maximum atomic E-state index is 13.0. The number of ether oxygens (including phenoxy) is 1. The number of thiocarbonyl (C=S) groups is 1. The summed E-state index contributed by atoms with van der Waals surface area (Å²) < 4.78 is 4.81. The Balaban J connectivity index is 1.98. The Morgan fingerprint density at radius 2 is 1.90 bits per heavy atom. The molecule has 5 N–H and O–H groups in total. The summed E-state index contributed by atoms with van der Waals surface area (Å²) in [6.45, 7) is 7.53. The van der Waals surface area contributed by atoms with E-state index >= 15 is 0 Å². The van der Waals surface area contributed by atoms with Crippen LogP contribution in [0.25, 0.3) is 0 Å². The van der Waals surface area contributed by atoms with Gasteiger partial charge in [-0.3, -0.25) is 10.2 Å². The van der Waals surface area contributed by atoms with Crippen molar-refractivity contribution in [2.45, 2.75) is 77.8 Å². The van der Waals surface area contributed by atoms with Crippen LogP contribution in [-0.4, -0.2) is 60.0 Å². The summed E-state index contributed by atoms with van der Waals surface area (Å²) in [5.74, 6) is 0.896. The van der Waals surface area contributed by atoms with Crippen molar-refractivity contribution in [3.05, 3.63) is 0 Å². The first-order valence-electron chi connectivity index (χ1n) is 11.4. The number of hydrogen-bond acceptors (Lipinski definition) is 5. The maximum absolute atomic E-state index is 13.0. The van der Waals surface area contributed by atoms with Gasteiger partial charge in [-0.15, -0.1) is 0 Å². The first kappa shape index (κ1) is 25.4. The van der Waals surface area contributed by atoms with Gasteiger partial charge < -0.3 is 26.0 Å². The molecule has 1 aliphatic heterocycles. The zero-order chi connectivity index (χ0) is 23.2. The van der Waals surface area contributed by atoms with Crippen LogP contribution >= 0.6 is 12.2 Å². The third-order valence-electron chi connectivity index (χ3n) is 7.08. The van der Waals surface area contributed by atoms with E-state index < -0.39 is 12.1 Å². The van der Waals surface area contributed by atoms with Gasteiger partial charge in [0.1, 0.15) is 11.0 Å². The minimum atomic E-state index is -0.518. The molecule has 0 bridgehead atoms. The Hall–Kier alpha value is -1.90. The van der Waals surface area contributed by atoms with Crippen LogP contribution in [0.1, 0.15) is 65.7 Å². The van der Waals surface area contributed by atoms with Gasteiger partial charge in [-0.1, -0.05) is 33.0 Å². The second-order valence-corrected chi connectivity index (χ2v) is 9.94. The van der Waals surface area contributed by atoms with E-state index in [1.54, 1.807) is 0 Å². The molecule has 2 atom stereocenters. The monoisotopic (exact) mass is 453 g/mol. The van der Waals surface area contributed by atoms with Gasteiger partial charge in [0.15, 0.2) is 0 Å². The summed E-state index contributed by atoms with van der Waals surface area (Å²) in [5, 5.41) is 13.6. The smallest absolute Gasteiger partial charge is 0.407 e. The van der Waals surface area contributed by atoms with E-state index in [0.29, 0.717) is 24.0 Å². The third kappa shape index (κ3) is 6.54. The highest BCUT2D eigenvalue weighted by Crippen LogP contribution is 2.31. The lowest BCUT2D eigenvalue weighted by molar-refractivity contribution is -0.124. The lowest BCUT2D eigenvalue weighted by Gasteiger charge is -2.39. The maximum Gasteiger partial charge on any atom is 0.407 e. The Labute approximate surface area is 191 Å². The van der Waals surface area contributed by atoms with Crippen LogP contribution in [0.2, 0.25) is 0 Å². The molecule has 1 saturated heterocycles. The molecule has 0 spiro atoms. The zero-order valence-corrected chi connectivity index (χ0v) is 20.1. The van der Waals surface area contributed by atoms with E-state index in [0.717, 1.165) is 44.9 Å². The van der Waals surface area contributed by atoms with Crippen molar-refractivity contribution >= 4 is 35.0 Å². The molecule has 1 aliphatic carbocycles. The minimum Gasteiger partial charge on any atom is -0.453 e. The van der Waals surface area contributed by atoms with Crippen LogP contribution in [0.4, 0.5) is 4.79 Å². The summed E-state index contributed by atoms with van der Waals surface area (Å²) in [7, 11) is 1.34. The predicted octanol–water partition coefficient (Wildman–Crippen LogP) is 2.80. The molecule has 2 fully saturated rings. The van der Waals surface area contributed by atoms with Gasteiger partial charge >= 0.3 is 6.09 Å². The predicted molar refractivity (Wildman–Crippen MR) is 126 cm³/mol. The van der Waals surface area contributed by atoms with Gasteiger partial charge in [0.2, 0.25) is 5.91 Å². The van der Waals surface area contributed by atoms with E-state index in [4.69, 9.17) is 28.1 Å². The van der Waals surface area contributed by atoms with Crippen LogP contribution in [0.15, 0.2) is 0 Å². The molecule has 8 nitrogen and oxygen atoms in total. The Kier molecular flexibility index (Phi) is 9.09. The van der Waals surface area contributed by atoms with Crippen molar-refractivity contribution in [2.75, 3.05) is 20.2 Å². The molecule has 1 heterocycles. The third-order valence-corrected chi connectivity index (χ3v) is 7.55. The van der Waals surface area contributed by atoms with Gasteiger partial charge in [-0.05, 0) is 56.3 Å². The molecular formula is C22H39N5O3S. The van der Waals surface area contributed by atoms with Gasteiger partial charge in [-0.2, -0.15) is 0 Å². The quantitative estimate of drug-likeness (QED) is 0.255. The average Bonchev–Trinajstić information content (AvgIpc) is 3.25. The fourth-order valence-electron chi connectivity index (χ4n) is 4.48. The molecule has 2 aliphatic rings. The Bertz CT molecular complexity index is 676. The number of carbonyl (C=O) groups is 2. The minimum absolute atomic E-state index is 0.000311. The molecule has 2 amide bonds. The number of rotatable bonds is 8. The summed E-state index contributed by atoms with van der Waals surface area (Å²) in [4.78, 5) is 27.5. The van der Waals surface area contributed by atoms with Gasteiger partial charge in [-0.25, -0.2) is 4.79 Å². The van der Waals surface area contributed by atoms with Crippen LogP contribution in [0.3, 0.4) is 0 Å². The van der Waals surface area contributed by atoms with Crippen LogP contribution in [0, 0.1) is 22.7 Å². The number of hydrogen-bond donors (Lipinski definition) is 4. The standard InChI is InChI=1S/C22H39N5O3S/c1-5-22(2,3)17(26-21(29)30-4)20(31)27-12-6-7-16(27)19(28)25-13-14-8-10-15(11-9-14)18(23)24/h14-17H,5-13H2,1-4H3,(H3,23,24)(H,25,28)(H,26,29)/t14?,15?,16-,17+/m0/s1. The van der Waals surface area contributed by atoms with Gasteiger partial charge in [0, 0.05) is 19.0 Å². The number of nitrogens with zero attached hydrogens (tertiary/aromatic N) is 1. The highest BCUT2D eigenvalue weighted by atomic mass is 32.1. The lowest BCUT2D eigenvalue weighted by atomic mass is 9.81. The van der Waals surface area contributed by atoms with Crippen molar-refractivity contribution in [1.29, 1.82) is 5.41 Å². The van der Waals surface area contributed by atoms with Crippen molar-refractivity contribution in [1.82, 2.24) is 15.5 Å². The molecule has 31 heavy (non-hydrogen) atoms. The van der Waals surface area contributed by atoms with Crippen molar-refractivity contribution in [2.24, 2.45) is 23.0 Å². The largest absolute Gasteiger partial charge is 0.453 e. The fourth-order valence-corrected chi connectivity index (χ4v) is 5.08.